The van der Waals surface area contributed by atoms with Crippen molar-refractivity contribution in [1.29, 1.82) is 0 Å². The summed E-state index contributed by atoms with van der Waals surface area (Å²) in [4.78, 5) is 28.2. The number of aliphatic hydroxyl groups excluding tert-OH is 1. The SMILES string of the molecule is CCCC(CCC)S(=O)(=O)CC(NC(=O)CSC)C(=O)N(Cc1cccc(OC)c1)C[C@@H](O)[C@@H](N)Cc1ccccc1.Cl. The summed E-state index contributed by atoms with van der Waals surface area (Å²) in [7, 11) is -2.19. The predicted octanol–water partition coefficient (Wildman–Crippen LogP) is 3.61. The number of nitrogens with one attached hydrogen (secondary N) is 1. The Labute approximate surface area is 267 Å². The second kappa shape index (κ2) is 19.9. The van der Waals surface area contributed by atoms with Gasteiger partial charge in [-0.1, -0.05) is 69.2 Å². The number of hydrogen-bond donors (Lipinski definition) is 3. The number of halogens is 1. The normalized spacial score (nSPS) is 13.5. The summed E-state index contributed by atoms with van der Waals surface area (Å²) in [5, 5.41) is 13.2. The molecule has 0 aliphatic rings. The fourth-order valence-corrected chi connectivity index (χ4v) is 7.38. The van der Waals surface area contributed by atoms with Crippen molar-refractivity contribution in [2.75, 3.05) is 31.4 Å². The van der Waals surface area contributed by atoms with Crippen molar-refractivity contribution in [3.8, 4) is 5.75 Å². The zero-order valence-electron chi connectivity index (χ0n) is 25.6. The third-order valence-electron chi connectivity index (χ3n) is 7.07. The average molecular weight is 658 g/mol. The highest BCUT2D eigenvalue weighted by Crippen LogP contribution is 2.20. The number of thioether (sulfide) groups is 1. The first-order chi connectivity index (χ1) is 20.0. The number of hydrogen-bond acceptors (Lipinski definition) is 8. The van der Waals surface area contributed by atoms with E-state index in [1.807, 2.05) is 50.2 Å². The van der Waals surface area contributed by atoms with Crippen LogP contribution in [0.1, 0.15) is 50.7 Å². The van der Waals surface area contributed by atoms with Crippen LogP contribution >= 0.6 is 24.2 Å². The van der Waals surface area contributed by atoms with Crippen molar-refractivity contribution in [3.63, 3.8) is 0 Å². The number of nitrogens with zero attached hydrogens (tertiary/aromatic N) is 1. The minimum absolute atomic E-state index is 0. The largest absolute Gasteiger partial charge is 0.497 e. The van der Waals surface area contributed by atoms with Crippen LogP contribution in [0.2, 0.25) is 0 Å². The first-order valence-corrected chi connectivity index (χ1v) is 17.5. The number of nitrogens with two attached hydrogens (primary N) is 1. The van der Waals surface area contributed by atoms with Crippen LogP contribution in [0.3, 0.4) is 0 Å². The zero-order chi connectivity index (χ0) is 31.1. The van der Waals surface area contributed by atoms with Crippen molar-refractivity contribution >= 4 is 45.8 Å². The van der Waals surface area contributed by atoms with E-state index in [2.05, 4.69) is 5.32 Å². The molecule has 0 spiro atoms. The van der Waals surface area contributed by atoms with E-state index in [0.29, 0.717) is 37.9 Å². The van der Waals surface area contributed by atoms with E-state index >= 15 is 0 Å². The number of benzene rings is 2. The molecule has 3 atom stereocenters. The van der Waals surface area contributed by atoms with Gasteiger partial charge < -0.3 is 25.8 Å². The maximum atomic E-state index is 14.1. The van der Waals surface area contributed by atoms with Crippen LogP contribution < -0.4 is 15.8 Å². The molecular weight excluding hydrogens is 610 g/mol. The Hall–Kier alpha value is -2.31. The van der Waals surface area contributed by atoms with Crippen LogP contribution in [-0.2, 0) is 32.4 Å². The molecule has 2 aromatic carbocycles. The number of ether oxygens (including phenoxy) is 1. The molecule has 0 aliphatic carbocycles. The monoisotopic (exact) mass is 657 g/mol. The van der Waals surface area contributed by atoms with Gasteiger partial charge in [0.1, 0.15) is 11.8 Å². The molecule has 4 N–H and O–H groups in total. The zero-order valence-corrected chi connectivity index (χ0v) is 28.1. The molecule has 0 aliphatic heterocycles. The number of carbonyl (C=O) groups is 2. The van der Waals surface area contributed by atoms with Gasteiger partial charge in [-0.05, 0) is 48.8 Å². The summed E-state index contributed by atoms with van der Waals surface area (Å²) in [6, 6.07) is 14.7. The first-order valence-electron chi connectivity index (χ1n) is 14.4. The van der Waals surface area contributed by atoms with Gasteiger partial charge in [-0.2, -0.15) is 11.8 Å². The molecule has 242 valence electrons. The van der Waals surface area contributed by atoms with Gasteiger partial charge in [0.2, 0.25) is 11.8 Å². The maximum absolute atomic E-state index is 14.1. The smallest absolute Gasteiger partial charge is 0.246 e. The Balaban J connectivity index is 0.00000924. The quantitative estimate of drug-likeness (QED) is 0.208. The molecule has 43 heavy (non-hydrogen) atoms. The van der Waals surface area contributed by atoms with E-state index in [0.717, 1.165) is 11.1 Å². The van der Waals surface area contributed by atoms with E-state index in [-0.39, 0.29) is 31.2 Å². The lowest BCUT2D eigenvalue weighted by molar-refractivity contribution is -0.137. The minimum Gasteiger partial charge on any atom is -0.497 e. The molecule has 0 radical (unpaired) electrons. The second-order valence-corrected chi connectivity index (χ2v) is 13.8. The number of carbonyl (C=O) groups excluding carboxylic acids is 2. The Morgan fingerprint density at radius 1 is 1.05 bits per heavy atom. The fourth-order valence-electron chi connectivity index (χ4n) is 4.89. The van der Waals surface area contributed by atoms with Crippen LogP contribution in [0.4, 0.5) is 0 Å². The molecule has 0 fully saturated rings. The summed E-state index contributed by atoms with van der Waals surface area (Å²) < 4.78 is 32.4. The first kappa shape index (κ1) is 38.7. The van der Waals surface area contributed by atoms with Gasteiger partial charge in [-0.15, -0.1) is 12.4 Å². The molecule has 12 heteroatoms. The molecule has 2 amide bonds. The number of methoxy groups -OCH3 is 1. The summed E-state index contributed by atoms with van der Waals surface area (Å²) >= 11 is 1.28. The highest BCUT2D eigenvalue weighted by molar-refractivity contribution is 7.99. The number of amides is 2. The third kappa shape index (κ3) is 13.1. The maximum Gasteiger partial charge on any atom is 0.246 e. The van der Waals surface area contributed by atoms with E-state index in [1.54, 1.807) is 31.6 Å². The van der Waals surface area contributed by atoms with Crippen LogP contribution in [0.15, 0.2) is 54.6 Å². The van der Waals surface area contributed by atoms with Gasteiger partial charge in [0.15, 0.2) is 9.84 Å². The number of aliphatic hydroxyl groups is 1. The topological polar surface area (TPSA) is 139 Å². The van der Waals surface area contributed by atoms with Crippen molar-refractivity contribution in [2.24, 2.45) is 5.73 Å². The van der Waals surface area contributed by atoms with Crippen LogP contribution in [-0.4, -0.2) is 85.1 Å². The number of rotatable bonds is 19. The van der Waals surface area contributed by atoms with Gasteiger partial charge in [0.05, 0.1) is 30.0 Å². The standard InChI is InChI=1S/C31H47N3O6S2.ClH/c1-5-11-26(12-6-2)42(38,39)22-28(33-30(36)21-41-4)31(37)34(19-24-15-10-16-25(17-24)40-3)20-29(35)27(32)18-23-13-8-7-9-14-23;/h7-10,13-17,26-29,35H,5-6,11-12,18-22,32H2,1-4H3,(H,33,36);1H/t27-,28?,29+;/m0./s1. The molecule has 0 aromatic heterocycles. The van der Waals surface area contributed by atoms with Gasteiger partial charge in [0.25, 0.3) is 0 Å². The van der Waals surface area contributed by atoms with Crippen molar-refractivity contribution in [3.05, 3.63) is 65.7 Å². The van der Waals surface area contributed by atoms with Crippen molar-refractivity contribution < 1.29 is 27.9 Å². The highest BCUT2D eigenvalue weighted by Gasteiger charge is 2.35. The fraction of sp³-hybridized carbons (Fsp3) is 0.548. The summed E-state index contributed by atoms with van der Waals surface area (Å²) in [5.41, 5.74) is 8.03. The lowest BCUT2D eigenvalue weighted by atomic mass is 10.0. The van der Waals surface area contributed by atoms with Gasteiger partial charge in [0, 0.05) is 19.1 Å². The Morgan fingerprint density at radius 3 is 2.26 bits per heavy atom. The Kier molecular flexibility index (Phi) is 17.9. The van der Waals surface area contributed by atoms with Crippen molar-refractivity contribution in [1.82, 2.24) is 10.2 Å². The van der Waals surface area contributed by atoms with E-state index in [4.69, 9.17) is 10.5 Å². The molecule has 2 rings (SSSR count). The molecular formula is C31H48ClN3O6S2. The van der Waals surface area contributed by atoms with Gasteiger partial charge >= 0.3 is 0 Å². The van der Waals surface area contributed by atoms with Gasteiger partial charge in [-0.25, -0.2) is 8.42 Å². The summed E-state index contributed by atoms with van der Waals surface area (Å²) in [6.45, 7) is 3.77. The third-order valence-corrected chi connectivity index (χ3v) is 9.91. The Bertz CT molecular complexity index is 1210. The lowest BCUT2D eigenvalue weighted by Crippen LogP contribution is -2.55. The molecule has 9 nitrogen and oxygen atoms in total. The van der Waals surface area contributed by atoms with Crippen LogP contribution in [0, 0.1) is 0 Å². The molecule has 2 aromatic rings. The second-order valence-electron chi connectivity index (χ2n) is 10.6. The highest BCUT2D eigenvalue weighted by atomic mass is 35.5. The average Bonchev–Trinajstić information content (AvgIpc) is 2.96. The van der Waals surface area contributed by atoms with E-state index < -0.39 is 50.8 Å². The Morgan fingerprint density at radius 2 is 1.67 bits per heavy atom. The van der Waals surface area contributed by atoms with Crippen LogP contribution in [0.25, 0.3) is 0 Å². The molecule has 0 saturated carbocycles. The summed E-state index contributed by atoms with van der Waals surface area (Å²) in [6.07, 6.45) is 3.38. The van der Waals surface area contributed by atoms with Crippen molar-refractivity contribution in [2.45, 2.75) is 75.9 Å². The summed E-state index contributed by atoms with van der Waals surface area (Å²) in [5.74, 6) is -0.861. The van der Waals surface area contributed by atoms with Gasteiger partial charge in [-0.3, -0.25) is 9.59 Å². The molecule has 0 saturated heterocycles. The molecule has 1 unspecified atom stereocenters. The predicted molar refractivity (Wildman–Crippen MR) is 177 cm³/mol. The van der Waals surface area contributed by atoms with Crippen LogP contribution in [0.5, 0.6) is 5.75 Å². The molecule has 0 bridgehead atoms. The molecule has 0 heterocycles. The minimum atomic E-state index is -3.73. The van der Waals surface area contributed by atoms with E-state index in [1.165, 1.54) is 16.7 Å². The van der Waals surface area contributed by atoms with E-state index in [9.17, 15) is 23.1 Å². The number of sulfone groups is 1. The lowest BCUT2D eigenvalue weighted by Gasteiger charge is -2.32.